The molecule has 534 valence electrons. The Labute approximate surface area is 606 Å². The van der Waals surface area contributed by atoms with Crippen LogP contribution in [0.3, 0.4) is 0 Å². The number of anilines is 8. The molecule has 0 bridgehead atoms. The van der Waals surface area contributed by atoms with Gasteiger partial charge in [0.15, 0.2) is 0 Å². The molecule has 7 aliphatic rings. The highest BCUT2D eigenvalue weighted by atomic mass is 79.9. The van der Waals surface area contributed by atoms with Gasteiger partial charge in [-0.3, -0.25) is 19.2 Å². The molecule has 1 saturated carbocycles. The van der Waals surface area contributed by atoms with Crippen LogP contribution in [-0.2, 0) is 0 Å². The van der Waals surface area contributed by atoms with Crippen molar-refractivity contribution >= 4 is 85.6 Å². The van der Waals surface area contributed by atoms with Gasteiger partial charge in [0.05, 0.1) is 22.3 Å². The van der Waals surface area contributed by atoms with E-state index in [-0.39, 0.29) is 46.4 Å². The summed E-state index contributed by atoms with van der Waals surface area (Å²) in [5.41, 5.74) is 26.6. The van der Waals surface area contributed by atoms with Gasteiger partial charge in [-0.25, -0.2) is 39.9 Å². The van der Waals surface area contributed by atoms with Crippen LogP contribution < -0.4 is 53.2 Å². The first kappa shape index (κ1) is 72.4. The first-order valence-electron chi connectivity index (χ1n) is 36.2. The number of aromatic nitrogens is 8. The number of rotatable bonds is 17. The number of nitrogens with zero attached hydrogens (tertiary/aromatic N) is 14. The predicted molar refractivity (Wildman–Crippen MR) is 405 cm³/mol. The molecule has 10 N–H and O–H groups in total. The molecule has 1 aliphatic carbocycles. The number of likely N-dealkylation sites (tertiary alicyclic amines) is 2. The Morgan fingerprint density at radius 3 is 1.03 bits per heavy atom. The standard InChI is InChI=1S/C21H26BrN5O.C20H25N5O.C19H23N5O.C17H21N5O/c22-15-13-17(21(23)24-14-15)20(28)18-5-4-6-19(25-18)27-11-7-16(8-12-27)26-9-2-1-3-10-26;21-20-16(5-4-10-22-20)19(26)17-6-3-7-18(23-17)25-13-8-15(9-14-25)24-11-1-2-12-24;20-19-15(3-2-10-21-19)18(25)16-4-1-5-17(23-16)24-11-8-14(9-12-24)22-13-6-7-13;1-19-12-7-10-22(11-8-12)15-6-2-5-14(21-15)16(23)13-4-3-9-20-17(13)18/h4-6,13-14,16H,1-3,7-12H2,(H2,23,24);3-7,10,15H,1-2,8-9,11-14H2,(H2,21,22);1-5,10,13-14,22H,6-9,11-12H2,(H2,20,21);2-6,9,12,19H,7-8,10-11H2,1H3,(H2,18,20). The zero-order valence-corrected chi connectivity index (χ0v) is 59.9. The highest BCUT2D eigenvalue weighted by Gasteiger charge is 2.31. The predicted octanol–water partition coefficient (Wildman–Crippen LogP) is 9.35. The summed E-state index contributed by atoms with van der Waals surface area (Å²) in [6, 6.07) is 37.6. The van der Waals surface area contributed by atoms with E-state index < -0.39 is 0 Å². The fourth-order valence-corrected chi connectivity index (χ4v) is 14.8. The highest BCUT2D eigenvalue weighted by Crippen LogP contribution is 2.30. The van der Waals surface area contributed by atoms with E-state index in [9.17, 15) is 19.2 Å². The van der Waals surface area contributed by atoms with E-state index in [2.05, 4.69) is 95.8 Å². The lowest BCUT2D eigenvalue weighted by Gasteiger charge is -2.40. The lowest BCUT2D eigenvalue weighted by Crippen LogP contribution is -2.47. The van der Waals surface area contributed by atoms with Crippen molar-refractivity contribution in [1.82, 2.24) is 60.3 Å². The van der Waals surface area contributed by atoms with Gasteiger partial charge in [-0.15, -0.1) is 0 Å². The molecule has 15 rings (SSSR count). The molecule has 0 aromatic carbocycles. The van der Waals surface area contributed by atoms with Crippen LogP contribution in [0.2, 0.25) is 0 Å². The Kier molecular flexibility index (Phi) is 24.8. The number of nitrogen functional groups attached to an aromatic ring is 4. The fraction of sp³-hybridized carbons (Fsp3) is 0.429. The second kappa shape index (κ2) is 35.0. The third-order valence-corrected chi connectivity index (χ3v) is 20.9. The van der Waals surface area contributed by atoms with Gasteiger partial charge in [-0.05, 0) is 230 Å². The molecule has 24 nitrogen and oxygen atoms in total. The van der Waals surface area contributed by atoms with Gasteiger partial charge >= 0.3 is 0 Å². The van der Waals surface area contributed by atoms with Crippen molar-refractivity contribution < 1.29 is 19.2 Å². The van der Waals surface area contributed by atoms with E-state index in [0.29, 0.717) is 69.2 Å². The number of nitrogens with two attached hydrogens (primary N) is 4. The van der Waals surface area contributed by atoms with Gasteiger partial charge in [0.25, 0.3) is 0 Å². The number of piperidine rings is 5. The monoisotopic (exact) mass is 1440 g/mol. The largest absolute Gasteiger partial charge is 0.383 e. The molecule has 14 heterocycles. The van der Waals surface area contributed by atoms with Crippen molar-refractivity contribution in [2.24, 2.45) is 0 Å². The smallest absolute Gasteiger partial charge is 0.215 e. The number of ketones is 4. The van der Waals surface area contributed by atoms with E-state index in [1.165, 1.54) is 71.1 Å². The summed E-state index contributed by atoms with van der Waals surface area (Å²) in [4.78, 5) is 99.6. The Hall–Kier alpha value is -9.40. The van der Waals surface area contributed by atoms with Crippen LogP contribution in [0, 0.1) is 0 Å². The Morgan fingerprint density at radius 2 is 0.686 bits per heavy atom. The lowest BCUT2D eigenvalue weighted by atomic mass is 10.00. The first-order valence-corrected chi connectivity index (χ1v) is 37.0. The molecule has 0 spiro atoms. The Bertz CT molecular complexity index is 4140. The van der Waals surface area contributed by atoms with Gasteiger partial charge in [0.2, 0.25) is 23.1 Å². The van der Waals surface area contributed by atoms with E-state index in [4.69, 9.17) is 22.9 Å². The number of nitrogens with one attached hydrogen (secondary N) is 2. The van der Waals surface area contributed by atoms with Crippen molar-refractivity contribution in [3.63, 3.8) is 0 Å². The van der Waals surface area contributed by atoms with Crippen LogP contribution >= 0.6 is 15.9 Å². The van der Waals surface area contributed by atoms with Crippen molar-refractivity contribution in [2.75, 3.05) is 128 Å². The normalized spacial score (nSPS) is 18.1. The van der Waals surface area contributed by atoms with Crippen LogP contribution in [0.15, 0.2) is 145 Å². The average Bonchev–Trinajstić information content (AvgIpc) is 1.28. The van der Waals surface area contributed by atoms with Crippen LogP contribution in [0.5, 0.6) is 0 Å². The summed E-state index contributed by atoms with van der Waals surface area (Å²) in [6.07, 6.45) is 24.7. The SMILES string of the molecule is CNC1CCN(c2cccc(C(=O)c3cccnc3N)n2)CC1.Nc1ncc(Br)cc1C(=O)c1cccc(N2CCC(N3CCCCC3)CC2)n1.Nc1ncccc1C(=O)c1cccc(N2CCC(N3CCCC3)CC2)n1.Nc1ncccc1C(=O)c1cccc(N2CCC(NC3CC3)CC2)n1. The molecule has 25 heteroatoms. The number of carbonyl (C=O) groups is 4. The molecular weight excluding hydrogens is 1350 g/mol. The minimum Gasteiger partial charge on any atom is -0.383 e. The van der Waals surface area contributed by atoms with Gasteiger partial charge in [0, 0.05) is 112 Å². The van der Waals surface area contributed by atoms with Crippen molar-refractivity contribution in [3.05, 3.63) is 190 Å². The minimum absolute atomic E-state index is 0.176. The van der Waals surface area contributed by atoms with Gasteiger partial charge in [-0.2, -0.15) is 0 Å². The highest BCUT2D eigenvalue weighted by molar-refractivity contribution is 9.10. The third-order valence-electron chi connectivity index (χ3n) is 20.5. The number of pyridine rings is 8. The van der Waals surface area contributed by atoms with Crippen LogP contribution in [0.4, 0.5) is 46.5 Å². The summed E-state index contributed by atoms with van der Waals surface area (Å²) in [5, 5.41) is 7.01. The van der Waals surface area contributed by atoms with E-state index in [0.717, 1.165) is 138 Å². The summed E-state index contributed by atoms with van der Waals surface area (Å²) < 4.78 is 0.723. The second-order valence-electron chi connectivity index (χ2n) is 27.3. The lowest BCUT2D eigenvalue weighted by molar-refractivity contribution is 0.102. The van der Waals surface area contributed by atoms with Gasteiger partial charge in [0.1, 0.15) is 69.3 Å². The summed E-state index contributed by atoms with van der Waals surface area (Å²) in [5.74, 6) is 3.64. The average molecular weight is 1440 g/mol. The molecule has 8 aromatic rings. The van der Waals surface area contributed by atoms with Crippen LogP contribution in [0.1, 0.15) is 161 Å². The maximum atomic E-state index is 12.9. The molecule has 8 aromatic heterocycles. The number of hydrogen-bond donors (Lipinski definition) is 6. The van der Waals surface area contributed by atoms with Gasteiger partial charge in [-0.1, -0.05) is 30.7 Å². The third kappa shape index (κ3) is 18.8. The fourth-order valence-electron chi connectivity index (χ4n) is 14.5. The van der Waals surface area contributed by atoms with Crippen molar-refractivity contribution in [2.45, 2.75) is 127 Å². The van der Waals surface area contributed by atoms with E-state index >= 15 is 0 Å². The second-order valence-corrected chi connectivity index (χ2v) is 28.2. The van der Waals surface area contributed by atoms with E-state index in [1.54, 1.807) is 91.5 Å². The molecule has 7 fully saturated rings. The van der Waals surface area contributed by atoms with Crippen LogP contribution in [0.25, 0.3) is 0 Å². The number of halogens is 1. The first-order chi connectivity index (χ1) is 49.7. The van der Waals surface area contributed by atoms with Crippen LogP contribution in [-0.4, -0.2) is 189 Å². The molecule has 6 saturated heterocycles. The summed E-state index contributed by atoms with van der Waals surface area (Å²) in [7, 11) is 2.00. The molecule has 0 unspecified atom stereocenters. The van der Waals surface area contributed by atoms with Gasteiger partial charge < -0.3 is 63.0 Å². The maximum absolute atomic E-state index is 12.9. The summed E-state index contributed by atoms with van der Waals surface area (Å²) in [6.45, 7) is 12.7. The molecule has 0 radical (unpaired) electrons. The molecular formula is C77H95BrN20O4. The molecule has 0 atom stereocenters. The topological polar surface area (TPSA) is 319 Å². The zero-order valence-electron chi connectivity index (χ0n) is 58.3. The minimum atomic E-state index is -0.198. The number of hydrogen-bond acceptors (Lipinski definition) is 24. The molecule has 6 aliphatic heterocycles. The molecule has 0 amide bonds. The van der Waals surface area contributed by atoms with Crippen molar-refractivity contribution in [3.8, 4) is 0 Å². The maximum Gasteiger partial charge on any atom is 0.215 e. The zero-order chi connectivity index (χ0) is 70.9. The number of carbonyl (C=O) groups excluding carboxylic acids is 4. The summed E-state index contributed by atoms with van der Waals surface area (Å²) >= 11 is 3.35. The quantitative estimate of drug-likeness (QED) is 0.0462. The molecule has 102 heavy (non-hydrogen) atoms. The van der Waals surface area contributed by atoms with Crippen molar-refractivity contribution in [1.29, 1.82) is 0 Å². The Balaban J connectivity index is 0.000000129. The Morgan fingerprint density at radius 1 is 0.373 bits per heavy atom. The van der Waals surface area contributed by atoms with E-state index in [1.807, 2.05) is 55.6 Å².